The van der Waals surface area contributed by atoms with Crippen LogP contribution in [0.25, 0.3) is 11.0 Å². The van der Waals surface area contributed by atoms with Gasteiger partial charge in [-0.1, -0.05) is 18.2 Å². The number of nitrogens with one attached hydrogen (secondary N) is 1. The molecule has 0 saturated carbocycles. The summed E-state index contributed by atoms with van der Waals surface area (Å²) >= 11 is 0. The van der Waals surface area contributed by atoms with Crippen LogP contribution in [0.5, 0.6) is 0 Å². The summed E-state index contributed by atoms with van der Waals surface area (Å²) in [5.41, 5.74) is 1.74. The Labute approximate surface area is 118 Å². The molecular formula is C15H21N3O2. The van der Waals surface area contributed by atoms with Gasteiger partial charge in [0.2, 0.25) is 0 Å². The van der Waals surface area contributed by atoms with E-state index in [1.165, 1.54) is 0 Å². The van der Waals surface area contributed by atoms with Crippen LogP contribution in [0, 0.1) is 0 Å². The largest absolute Gasteiger partial charge is 0.395 e. The highest BCUT2D eigenvalue weighted by Gasteiger charge is 2.07. The highest BCUT2D eigenvalue weighted by molar-refractivity contribution is 5.74. The van der Waals surface area contributed by atoms with Crippen LogP contribution in [0.3, 0.4) is 0 Å². The monoisotopic (exact) mass is 275 g/mol. The average Bonchev–Trinajstić information content (AvgIpc) is 2.76. The smallest absolute Gasteiger partial charge is 0.326 e. The van der Waals surface area contributed by atoms with Crippen molar-refractivity contribution in [1.82, 2.24) is 14.5 Å². The van der Waals surface area contributed by atoms with E-state index in [1.807, 2.05) is 30.3 Å². The van der Waals surface area contributed by atoms with Gasteiger partial charge in [0.05, 0.1) is 17.6 Å². The van der Waals surface area contributed by atoms with Crippen molar-refractivity contribution in [3.05, 3.63) is 47.4 Å². The molecule has 0 atom stereocenters. The third kappa shape index (κ3) is 3.37. The Morgan fingerprint density at radius 3 is 2.90 bits per heavy atom. The lowest BCUT2D eigenvalue weighted by Crippen LogP contribution is -2.29. The molecule has 2 N–H and O–H groups in total. The molecule has 0 aliphatic rings. The van der Waals surface area contributed by atoms with Crippen LogP contribution < -0.4 is 5.69 Å². The van der Waals surface area contributed by atoms with Crippen LogP contribution in [0.4, 0.5) is 0 Å². The number of aromatic amines is 1. The third-order valence-corrected chi connectivity index (χ3v) is 3.34. The Bertz CT molecular complexity index is 615. The van der Waals surface area contributed by atoms with E-state index in [0.29, 0.717) is 13.1 Å². The van der Waals surface area contributed by atoms with E-state index < -0.39 is 0 Å². The fourth-order valence-corrected chi connectivity index (χ4v) is 2.40. The number of benzene rings is 1. The SMILES string of the molecule is C=CCN(CCO)CCCn1c(=O)[nH]c2ccccc21. The molecule has 0 saturated heterocycles. The summed E-state index contributed by atoms with van der Waals surface area (Å²) in [5, 5.41) is 9.00. The van der Waals surface area contributed by atoms with Gasteiger partial charge in [-0.3, -0.25) is 9.47 Å². The van der Waals surface area contributed by atoms with Crippen molar-refractivity contribution in [1.29, 1.82) is 0 Å². The van der Waals surface area contributed by atoms with Crippen molar-refractivity contribution >= 4 is 11.0 Å². The normalized spacial score (nSPS) is 11.3. The molecule has 108 valence electrons. The second kappa shape index (κ2) is 7.07. The van der Waals surface area contributed by atoms with Gasteiger partial charge in [-0.2, -0.15) is 0 Å². The van der Waals surface area contributed by atoms with Crippen LogP contribution in [0.15, 0.2) is 41.7 Å². The minimum absolute atomic E-state index is 0.0661. The predicted molar refractivity (Wildman–Crippen MR) is 80.9 cm³/mol. The van der Waals surface area contributed by atoms with E-state index in [1.54, 1.807) is 4.57 Å². The molecule has 5 heteroatoms. The molecule has 5 nitrogen and oxygen atoms in total. The number of imidazole rings is 1. The van der Waals surface area contributed by atoms with E-state index in [2.05, 4.69) is 16.5 Å². The second-order valence-corrected chi connectivity index (χ2v) is 4.77. The summed E-state index contributed by atoms with van der Waals surface area (Å²) in [5.74, 6) is 0. The molecule has 1 aromatic carbocycles. The lowest BCUT2D eigenvalue weighted by Gasteiger charge is -2.19. The molecule has 0 aliphatic heterocycles. The number of aliphatic hydroxyl groups is 1. The number of hydrogen-bond acceptors (Lipinski definition) is 3. The Hall–Kier alpha value is -1.85. The topological polar surface area (TPSA) is 61.3 Å². The molecule has 2 aromatic rings. The molecule has 0 fully saturated rings. The average molecular weight is 275 g/mol. The zero-order valence-electron chi connectivity index (χ0n) is 11.6. The van der Waals surface area contributed by atoms with Crippen molar-refractivity contribution < 1.29 is 5.11 Å². The maximum Gasteiger partial charge on any atom is 0.326 e. The first-order valence-electron chi connectivity index (χ1n) is 6.88. The highest BCUT2D eigenvalue weighted by Crippen LogP contribution is 2.09. The fraction of sp³-hybridized carbons (Fsp3) is 0.400. The molecule has 0 spiro atoms. The summed E-state index contributed by atoms with van der Waals surface area (Å²) in [6.45, 7) is 6.74. The van der Waals surface area contributed by atoms with Crippen LogP contribution in [-0.2, 0) is 6.54 Å². The molecule has 0 bridgehead atoms. The van der Waals surface area contributed by atoms with E-state index >= 15 is 0 Å². The number of hydrogen-bond donors (Lipinski definition) is 2. The van der Waals surface area contributed by atoms with E-state index in [-0.39, 0.29) is 12.3 Å². The molecule has 1 aromatic heterocycles. The van der Waals surface area contributed by atoms with Gasteiger partial charge in [-0.25, -0.2) is 4.79 Å². The first-order valence-corrected chi connectivity index (χ1v) is 6.88. The molecule has 0 unspecified atom stereocenters. The zero-order valence-corrected chi connectivity index (χ0v) is 11.6. The molecule has 0 radical (unpaired) electrons. The summed E-state index contributed by atoms with van der Waals surface area (Å²) in [4.78, 5) is 16.9. The van der Waals surface area contributed by atoms with Gasteiger partial charge < -0.3 is 10.1 Å². The Kier molecular flexibility index (Phi) is 5.15. The van der Waals surface area contributed by atoms with Gasteiger partial charge in [0.15, 0.2) is 0 Å². The highest BCUT2D eigenvalue weighted by atomic mass is 16.3. The Morgan fingerprint density at radius 1 is 1.35 bits per heavy atom. The van der Waals surface area contributed by atoms with Crippen molar-refractivity contribution in [3.63, 3.8) is 0 Å². The van der Waals surface area contributed by atoms with Crippen LogP contribution in [-0.4, -0.2) is 45.8 Å². The van der Waals surface area contributed by atoms with Gasteiger partial charge in [0.1, 0.15) is 0 Å². The lowest BCUT2D eigenvalue weighted by molar-refractivity contribution is 0.205. The molecule has 0 aliphatic carbocycles. The minimum atomic E-state index is -0.0661. The lowest BCUT2D eigenvalue weighted by atomic mass is 10.3. The third-order valence-electron chi connectivity index (χ3n) is 3.34. The molecule has 2 rings (SSSR count). The van der Waals surface area contributed by atoms with Gasteiger partial charge in [0.25, 0.3) is 0 Å². The Balaban J connectivity index is 2.00. The number of nitrogens with zero attached hydrogens (tertiary/aromatic N) is 2. The number of aryl methyl sites for hydroxylation is 1. The fourth-order valence-electron chi connectivity index (χ4n) is 2.40. The summed E-state index contributed by atoms with van der Waals surface area (Å²) in [6.07, 6.45) is 2.68. The van der Waals surface area contributed by atoms with Crippen LogP contribution >= 0.6 is 0 Å². The van der Waals surface area contributed by atoms with Crippen LogP contribution in [0.2, 0.25) is 0 Å². The van der Waals surface area contributed by atoms with Gasteiger partial charge in [-0.05, 0) is 18.6 Å². The molecule has 0 amide bonds. The van der Waals surface area contributed by atoms with Gasteiger partial charge >= 0.3 is 5.69 Å². The number of aromatic nitrogens is 2. The number of aliphatic hydroxyl groups excluding tert-OH is 1. The predicted octanol–water partition coefficient (Wildman–Crippen LogP) is 1.20. The number of fused-ring (bicyclic) bond motifs is 1. The molecule has 20 heavy (non-hydrogen) atoms. The summed E-state index contributed by atoms with van der Waals surface area (Å²) < 4.78 is 1.76. The van der Waals surface area contributed by atoms with E-state index in [9.17, 15) is 4.79 Å². The second-order valence-electron chi connectivity index (χ2n) is 4.77. The van der Waals surface area contributed by atoms with E-state index in [4.69, 9.17) is 5.11 Å². The van der Waals surface area contributed by atoms with E-state index in [0.717, 1.165) is 30.5 Å². The summed E-state index contributed by atoms with van der Waals surface area (Å²) in [6, 6.07) is 7.70. The van der Waals surface area contributed by atoms with Crippen molar-refractivity contribution in [3.8, 4) is 0 Å². The maximum atomic E-state index is 11.9. The van der Waals surface area contributed by atoms with Gasteiger partial charge in [0, 0.05) is 26.2 Å². The first-order chi connectivity index (χ1) is 9.76. The zero-order chi connectivity index (χ0) is 14.4. The van der Waals surface area contributed by atoms with Gasteiger partial charge in [-0.15, -0.1) is 6.58 Å². The number of rotatable bonds is 8. The van der Waals surface area contributed by atoms with Crippen molar-refractivity contribution in [2.45, 2.75) is 13.0 Å². The van der Waals surface area contributed by atoms with Crippen molar-refractivity contribution in [2.75, 3.05) is 26.2 Å². The molecular weight excluding hydrogens is 254 g/mol. The standard InChI is InChI=1S/C15H21N3O2/c1-2-8-17(11-12-19)9-5-10-18-14-7-4-3-6-13(14)16-15(18)20/h2-4,6-7,19H,1,5,8-12H2,(H,16,20). The Morgan fingerprint density at radius 2 is 2.15 bits per heavy atom. The number of para-hydroxylation sites is 2. The quantitative estimate of drug-likeness (QED) is 0.712. The number of H-pyrrole nitrogens is 1. The van der Waals surface area contributed by atoms with Crippen LogP contribution in [0.1, 0.15) is 6.42 Å². The summed E-state index contributed by atoms with van der Waals surface area (Å²) in [7, 11) is 0. The minimum Gasteiger partial charge on any atom is -0.395 e. The van der Waals surface area contributed by atoms with Crippen molar-refractivity contribution in [2.24, 2.45) is 0 Å². The molecule has 1 heterocycles. The first kappa shape index (κ1) is 14.6. The maximum absolute atomic E-state index is 11.9.